The zero-order chi connectivity index (χ0) is 32.0. The molecule has 230 valence electrons. The highest BCUT2D eigenvalue weighted by molar-refractivity contribution is 5.68. The van der Waals surface area contributed by atoms with Crippen molar-refractivity contribution in [2.75, 3.05) is 7.11 Å². The van der Waals surface area contributed by atoms with Gasteiger partial charge in [0.1, 0.15) is 0 Å². The summed E-state index contributed by atoms with van der Waals surface area (Å²) in [6.07, 6.45) is -15.6. The standard InChI is InChI=1S/C10F22.C4H8O2/c11-1(12,3(15,16)5(19,20)7(23,24)9(27,28)29)2(13,14)4(17,18)6(21,22)8(25,26)10(30,31)32;1-3-4(5)6-2/h;3H2,1-2H3. The Morgan fingerprint density at radius 2 is 0.579 bits per heavy atom. The summed E-state index contributed by atoms with van der Waals surface area (Å²) in [5, 5.41) is 0. The number of esters is 1. The van der Waals surface area contributed by atoms with Gasteiger partial charge in [0.25, 0.3) is 0 Å². The minimum absolute atomic E-state index is 0.157. The predicted octanol–water partition coefficient (Wildman–Crippen LogP) is 7.76. The third-order valence-electron chi connectivity index (χ3n) is 3.99. The zero-order valence-corrected chi connectivity index (χ0v) is 17.3. The minimum Gasteiger partial charge on any atom is -0.469 e. The molecule has 24 heteroatoms. The van der Waals surface area contributed by atoms with Crippen LogP contribution in [-0.4, -0.2) is 72.8 Å². The van der Waals surface area contributed by atoms with Gasteiger partial charge in [-0.2, -0.15) is 96.6 Å². The van der Waals surface area contributed by atoms with Crippen molar-refractivity contribution in [2.24, 2.45) is 0 Å². The second-order valence-electron chi connectivity index (χ2n) is 6.52. The molecule has 0 saturated heterocycles. The summed E-state index contributed by atoms with van der Waals surface area (Å²) in [5.41, 5.74) is 0. The third kappa shape index (κ3) is 5.35. The van der Waals surface area contributed by atoms with Crippen molar-refractivity contribution in [3.8, 4) is 0 Å². The molecule has 0 unspecified atom stereocenters. The SMILES string of the molecule is CCC(=O)OC.FC(F)(F)C(F)(F)C(F)(F)C(F)(F)C(F)(F)C(F)(F)C(F)(F)C(F)(F)C(F)(F)C(F)(F)F. The molecular formula is C14H8F22O2. The van der Waals surface area contributed by atoms with Gasteiger partial charge in [-0.3, -0.25) is 4.79 Å². The van der Waals surface area contributed by atoms with Crippen LogP contribution in [0.15, 0.2) is 0 Å². The normalized spacial score (nSPS) is 15.6. The van der Waals surface area contributed by atoms with Gasteiger partial charge in [0.2, 0.25) is 0 Å². The van der Waals surface area contributed by atoms with E-state index < -0.39 is 59.7 Å². The molecule has 0 aliphatic heterocycles. The molecule has 0 aliphatic carbocycles. The van der Waals surface area contributed by atoms with Gasteiger partial charge in [-0.05, 0) is 0 Å². The van der Waals surface area contributed by atoms with Gasteiger partial charge < -0.3 is 4.74 Å². The van der Waals surface area contributed by atoms with Crippen LogP contribution in [0.4, 0.5) is 96.6 Å². The topological polar surface area (TPSA) is 26.3 Å². The summed E-state index contributed by atoms with van der Waals surface area (Å²) in [4.78, 5) is 9.96. The molecule has 0 spiro atoms. The molecule has 0 heterocycles. The Morgan fingerprint density at radius 1 is 0.421 bits per heavy atom. The molecule has 0 rings (SSSR count). The molecule has 0 atom stereocenters. The van der Waals surface area contributed by atoms with Gasteiger partial charge in [0.15, 0.2) is 0 Å². The van der Waals surface area contributed by atoms with E-state index in [9.17, 15) is 101 Å². The first kappa shape index (κ1) is 38.1. The molecule has 0 aromatic heterocycles. The molecule has 0 aromatic carbocycles. The summed E-state index contributed by atoms with van der Waals surface area (Å²) in [6.45, 7) is 1.76. The molecule has 0 bridgehead atoms. The first-order chi connectivity index (χ1) is 16.1. The number of hydrogen-bond acceptors (Lipinski definition) is 2. The monoisotopic (exact) mass is 626 g/mol. The van der Waals surface area contributed by atoms with E-state index in [1.807, 2.05) is 0 Å². The molecule has 0 saturated carbocycles. The lowest BCUT2D eigenvalue weighted by atomic mass is 9.87. The number of rotatable bonds is 8. The summed E-state index contributed by atoms with van der Waals surface area (Å²) >= 11 is 0. The highest BCUT2D eigenvalue weighted by Crippen LogP contribution is 2.66. The number of alkyl halides is 22. The van der Waals surface area contributed by atoms with Crippen LogP contribution < -0.4 is 0 Å². The van der Waals surface area contributed by atoms with E-state index in [0.717, 1.165) is 0 Å². The lowest BCUT2D eigenvalue weighted by molar-refractivity contribution is -0.478. The van der Waals surface area contributed by atoms with Gasteiger partial charge in [0.05, 0.1) is 7.11 Å². The average Bonchev–Trinajstić information content (AvgIpc) is 2.70. The van der Waals surface area contributed by atoms with Crippen molar-refractivity contribution in [1.29, 1.82) is 0 Å². The first-order valence-corrected chi connectivity index (χ1v) is 8.28. The molecule has 0 radical (unpaired) electrons. The molecule has 0 N–H and O–H groups in total. The second kappa shape index (κ2) is 10.2. The van der Waals surface area contributed by atoms with Crippen molar-refractivity contribution in [3.05, 3.63) is 0 Å². The van der Waals surface area contributed by atoms with Gasteiger partial charge in [-0.1, -0.05) is 6.92 Å². The Bertz CT molecular complexity index is 753. The highest BCUT2D eigenvalue weighted by Gasteiger charge is 2.98. The van der Waals surface area contributed by atoms with E-state index in [0.29, 0.717) is 6.42 Å². The predicted molar refractivity (Wildman–Crippen MR) is 74.0 cm³/mol. The quantitative estimate of drug-likeness (QED) is 0.204. The van der Waals surface area contributed by atoms with Crippen LogP contribution in [0.1, 0.15) is 13.3 Å². The van der Waals surface area contributed by atoms with Crippen LogP contribution in [0, 0.1) is 0 Å². The fraction of sp³-hybridized carbons (Fsp3) is 0.929. The van der Waals surface area contributed by atoms with E-state index in [2.05, 4.69) is 4.74 Å². The van der Waals surface area contributed by atoms with Crippen LogP contribution >= 0.6 is 0 Å². The van der Waals surface area contributed by atoms with E-state index in [1.165, 1.54) is 7.11 Å². The summed E-state index contributed by atoms with van der Waals surface area (Å²) in [5.74, 6) is -71.7. The van der Waals surface area contributed by atoms with Crippen LogP contribution in [0.3, 0.4) is 0 Å². The lowest BCUT2D eigenvalue weighted by Crippen LogP contribution is -2.76. The molecular weight excluding hydrogens is 618 g/mol. The molecule has 38 heavy (non-hydrogen) atoms. The maximum absolute atomic E-state index is 13.1. The van der Waals surface area contributed by atoms with Crippen LogP contribution in [0.25, 0.3) is 0 Å². The first-order valence-electron chi connectivity index (χ1n) is 8.28. The number of ether oxygens (including phenoxy) is 1. The fourth-order valence-corrected chi connectivity index (χ4v) is 1.68. The smallest absolute Gasteiger partial charge is 0.460 e. The molecule has 0 aliphatic rings. The Labute approximate surface area is 193 Å². The Morgan fingerprint density at radius 3 is 0.658 bits per heavy atom. The summed E-state index contributed by atoms with van der Waals surface area (Å²) in [6, 6.07) is 0. The average molecular weight is 626 g/mol. The van der Waals surface area contributed by atoms with Crippen molar-refractivity contribution in [1.82, 2.24) is 0 Å². The maximum Gasteiger partial charge on any atom is 0.460 e. The van der Waals surface area contributed by atoms with Gasteiger partial charge in [-0.15, -0.1) is 0 Å². The number of methoxy groups -OCH3 is 1. The number of carbonyl (C=O) groups excluding carboxylic acids is 1. The molecule has 0 amide bonds. The van der Waals surface area contributed by atoms with E-state index in [1.54, 1.807) is 6.92 Å². The van der Waals surface area contributed by atoms with Crippen molar-refractivity contribution < 1.29 is 106 Å². The van der Waals surface area contributed by atoms with E-state index in [-0.39, 0.29) is 5.97 Å². The third-order valence-corrected chi connectivity index (χ3v) is 3.99. The summed E-state index contributed by atoms with van der Waals surface area (Å²) < 4.78 is 280. The van der Waals surface area contributed by atoms with Crippen molar-refractivity contribution in [3.63, 3.8) is 0 Å². The highest BCUT2D eigenvalue weighted by atomic mass is 19.4. The molecule has 0 fully saturated rings. The van der Waals surface area contributed by atoms with Crippen LogP contribution in [0.2, 0.25) is 0 Å². The maximum atomic E-state index is 13.1. The van der Waals surface area contributed by atoms with E-state index in [4.69, 9.17) is 0 Å². The minimum atomic E-state index is -9.24. The van der Waals surface area contributed by atoms with Gasteiger partial charge in [-0.25, -0.2) is 0 Å². The number of hydrogen-bond donors (Lipinski definition) is 0. The van der Waals surface area contributed by atoms with Gasteiger partial charge >= 0.3 is 65.7 Å². The Balaban J connectivity index is 0. The van der Waals surface area contributed by atoms with Crippen LogP contribution in [0.5, 0.6) is 0 Å². The zero-order valence-electron chi connectivity index (χ0n) is 17.3. The van der Waals surface area contributed by atoms with Gasteiger partial charge in [0, 0.05) is 6.42 Å². The van der Waals surface area contributed by atoms with Crippen molar-refractivity contribution in [2.45, 2.75) is 73.1 Å². The number of halogens is 22. The fourth-order valence-electron chi connectivity index (χ4n) is 1.68. The Hall–Kier alpha value is -2.07. The van der Waals surface area contributed by atoms with Crippen molar-refractivity contribution >= 4 is 5.97 Å². The molecule has 0 aromatic rings. The lowest BCUT2D eigenvalue weighted by Gasteiger charge is -2.43. The second-order valence-corrected chi connectivity index (χ2v) is 6.52. The molecule has 2 nitrogen and oxygen atoms in total. The largest absolute Gasteiger partial charge is 0.469 e. The van der Waals surface area contributed by atoms with E-state index >= 15 is 0 Å². The summed E-state index contributed by atoms with van der Waals surface area (Å²) in [7, 11) is 1.38. The Kier molecular flexibility index (Phi) is 10.2. The number of carbonyl (C=O) groups is 1. The van der Waals surface area contributed by atoms with Crippen LogP contribution in [-0.2, 0) is 9.53 Å².